The van der Waals surface area contributed by atoms with Crippen LogP contribution < -0.4 is 4.72 Å². The van der Waals surface area contributed by atoms with E-state index in [1.165, 1.54) is 24.4 Å². The van der Waals surface area contributed by atoms with Crippen LogP contribution in [0.15, 0.2) is 53.6 Å². The van der Waals surface area contributed by atoms with Crippen LogP contribution in [0, 0.1) is 11.6 Å². The van der Waals surface area contributed by atoms with Gasteiger partial charge in [0.1, 0.15) is 22.7 Å². The van der Waals surface area contributed by atoms with Gasteiger partial charge in [-0.15, -0.1) is 0 Å². The number of carboxylic acid groups (broad SMARTS) is 1. The van der Waals surface area contributed by atoms with E-state index in [-0.39, 0.29) is 15.8 Å². The molecule has 3 aromatic rings. The summed E-state index contributed by atoms with van der Waals surface area (Å²) in [5, 5.41) is 9.10. The normalized spacial score (nSPS) is 11.4. The first-order valence-electron chi connectivity index (χ1n) is 6.89. The Hall–Kier alpha value is -3.07. The van der Waals surface area contributed by atoms with E-state index >= 15 is 0 Å². The Kier molecular flexibility index (Phi) is 4.09. The Bertz CT molecular complexity index is 1100. The molecule has 0 saturated carbocycles. The maximum Gasteiger partial charge on any atom is 0.340 e. The summed E-state index contributed by atoms with van der Waals surface area (Å²) in [6.45, 7) is 0. The van der Waals surface area contributed by atoms with Gasteiger partial charge in [-0.1, -0.05) is 6.07 Å². The molecule has 9 heteroatoms. The summed E-state index contributed by atoms with van der Waals surface area (Å²) in [5.41, 5.74) is -1.40. The Morgan fingerprint density at radius 2 is 1.80 bits per heavy atom. The van der Waals surface area contributed by atoms with Crippen molar-refractivity contribution in [2.75, 3.05) is 4.72 Å². The van der Waals surface area contributed by atoms with Crippen molar-refractivity contribution < 1.29 is 27.1 Å². The van der Waals surface area contributed by atoms with Crippen molar-refractivity contribution in [3.63, 3.8) is 0 Å². The molecule has 0 bridgehead atoms. The number of pyridine rings is 1. The number of rotatable bonds is 4. The third-order valence-corrected chi connectivity index (χ3v) is 4.87. The number of anilines is 1. The first-order valence-corrected chi connectivity index (χ1v) is 8.37. The zero-order valence-corrected chi connectivity index (χ0v) is 13.2. The molecule has 3 rings (SSSR count). The summed E-state index contributed by atoms with van der Waals surface area (Å²) in [4.78, 5) is 14.7. The minimum atomic E-state index is -4.32. The lowest BCUT2D eigenvalue weighted by Crippen LogP contribution is -2.17. The van der Waals surface area contributed by atoms with Crippen LogP contribution in [0.2, 0.25) is 0 Å². The van der Waals surface area contributed by atoms with E-state index < -0.39 is 38.9 Å². The molecule has 6 nitrogen and oxygen atoms in total. The van der Waals surface area contributed by atoms with Crippen LogP contribution in [0.1, 0.15) is 10.4 Å². The number of aromatic nitrogens is 1. The number of halogens is 2. The molecule has 0 atom stereocenters. The molecule has 0 aliphatic rings. The smallest absolute Gasteiger partial charge is 0.340 e. The van der Waals surface area contributed by atoms with Crippen molar-refractivity contribution in [1.82, 2.24) is 4.98 Å². The van der Waals surface area contributed by atoms with E-state index in [9.17, 15) is 22.0 Å². The number of carboxylic acids is 1. The fourth-order valence-corrected chi connectivity index (χ4v) is 3.64. The predicted molar refractivity (Wildman–Crippen MR) is 85.9 cm³/mol. The number of carbonyl (C=O) groups is 1. The van der Waals surface area contributed by atoms with E-state index in [0.29, 0.717) is 0 Å². The first kappa shape index (κ1) is 16.8. The summed E-state index contributed by atoms with van der Waals surface area (Å²) in [6, 6.07) is 7.96. The highest BCUT2D eigenvalue weighted by Crippen LogP contribution is 2.27. The molecule has 0 unspecified atom stereocenters. The number of nitrogens with zero attached hydrogens (tertiary/aromatic N) is 1. The van der Waals surface area contributed by atoms with E-state index in [4.69, 9.17) is 5.11 Å². The van der Waals surface area contributed by atoms with Gasteiger partial charge in [0.05, 0.1) is 10.6 Å². The van der Waals surface area contributed by atoms with Gasteiger partial charge in [-0.2, -0.15) is 0 Å². The first-order chi connectivity index (χ1) is 11.8. The molecule has 0 spiro atoms. The van der Waals surface area contributed by atoms with E-state index in [1.807, 2.05) is 4.72 Å². The second kappa shape index (κ2) is 6.10. The zero-order valence-electron chi connectivity index (χ0n) is 12.4. The fourth-order valence-electron chi connectivity index (χ4n) is 2.37. The van der Waals surface area contributed by atoms with Crippen LogP contribution in [0.3, 0.4) is 0 Å². The minimum Gasteiger partial charge on any atom is -0.478 e. The highest BCUT2D eigenvalue weighted by molar-refractivity contribution is 7.93. The molecule has 1 heterocycles. The number of sulfonamides is 1. The lowest BCUT2D eigenvalue weighted by atomic mass is 10.2. The van der Waals surface area contributed by atoms with Crippen molar-refractivity contribution in [3.8, 4) is 0 Å². The van der Waals surface area contributed by atoms with Gasteiger partial charge in [0.2, 0.25) is 0 Å². The molecular formula is C16H10F2N2O4S. The standard InChI is InChI=1S/C16H10F2N2O4S/c17-10-4-1-5-12(14(10)16(21)22)20-25(23,24)13-7-6-11(18)15-9(13)3-2-8-19-15/h1-8,20H,(H,21,22). The molecule has 2 N–H and O–H groups in total. The molecule has 128 valence electrons. The van der Waals surface area contributed by atoms with Crippen LogP contribution in [0.5, 0.6) is 0 Å². The lowest BCUT2D eigenvalue weighted by Gasteiger charge is -2.12. The second-order valence-electron chi connectivity index (χ2n) is 5.02. The molecule has 2 aromatic carbocycles. The number of benzene rings is 2. The van der Waals surface area contributed by atoms with Crippen LogP contribution in [-0.2, 0) is 10.0 Å². The summed E-state index contributed by atoms with van der Waals surface area (Å²) in [7, 11) is -4.32. The van der Waals surface area contributed by atoms with Gasteiger partial charge in [0.25, 0.3) is 10.0 Å². The molecule has 0 aliphatic carbocycles. The Labute approximate surface area is 140 Å². The van der Waals surface area contributed by atoms with Crippen molar-refractivity contribution in [3.05, 3.63) is 65.9 Å². The van der Waals surface area contributed by atoms with Gasteiger partial charge in [0, 0.05) is 11.6 Å². The average molecular weight is 364 g/mol. The summed E-state index contributed by atoms with van der Waals surface area (Å²) in [5.74, 6) is -3.41. The van der Waals surface area contributed by atoms with E-state index in [1.54, 1.807) is 0 Å². The van der Waals surface area contributed by atoms with Gasteiger partial charge < -0.3 is 5.11 Å². The second-order valence-corrected chi connectivity index (χ2v) is 6.67. The fraction of sp³-hybridized carbons (Fsp3) is 0. The summed E-state index contributed by atoms with van der Waals surface area (Å²) in [6.07, 6.45) is 1.31. The Morgan fingerprint density at radius 1 is 1.04 bits per heavy atom. The molecule has 0 saturated heterocycles. The Balaban J connectivity index is 2.16. The van der Waals surface area contributed by atoms with Crippen molar-refractivity contribution in [1.29, 1.82) is 0 Å². The highest BCUT2D eigenvalue weighted by Gasteiger charge is 2.23. The highest BCUT2D eigenvalue weighted by atomic mass is 32.2. The molecule has 0 fully saturated rings. The molecule has 0 radical (unpaired) electrons. The summed E-state index contributed by atoms with van der Waals surface area (Å²) < 4.78 is 54.8. The van der Waals surface area contributed by atoms with Gasteiger partial charge in [-0.05, 0) is 36.4 Å². The number of fused-ring (bicyclic) bond motifs is 1. The average Bonchev–Trinajstić information content (AvgIpc) is 2.54. The van der Waals surface area contributed by atoms with Crippen LogP contribution in [0.25, 0.3) is 10.9 Å². The maximum atomic E-state index is 13.8. The van der Waals surface area contributed by atoms with Crippen molar-refractivity contribution in [2.24, 2.45) is 0 Å². The Morgan fingerprint density at radius 3 is 2.52 bits per heavy atom. The third-order valence-electron chi connectivity index (χ3n) is 3.44. The van der Waals surface area contributed by atoms with E-state index in [0.717, 1.165) is 24.3 Å². The minimum absolute atomic E-state index is 0.0169. The van der Waals surface area contributed by atoms with Crippen molar-refractivity contribution in [2.45, 2.75) is 4.90 Å². The number of aromatic carboxylic acids is 1. The maximum absolute atomic E-state index is 13.8. The summed E-state index contributed by atoms with van der Waals surface area (Å²) >= 11 is 0. The van der Waals surface area contributed by atoms with Gasteiger partial charge in [0.15, 0.2) is 0 Å². The third kappa shape index (κ3) is 3.01. The topological polar surface area (TPSA) is 96.4 Å². The lowest BCUT2D eigenvalue weighted by molar-refractivity contribution is 0.0693. The van der Waals surface area contributed by atoms with Crippen molar-refractivity contribution >= 4 is 32.6 Å². The monoisotopic (exact) mass is 364 g/mol. The van der Waals surface area contributed by atoms with Crippen LogP contribution >= 0.6 is 0 Å². The molecule has 1 aromatic heterocycles. The van der Waals surface area contributed by atoms with Crippen LogP contribution in [0.4, 0.5) is 14.5 Å². The predicted octanol–water partition coefficient (Wildman–Crippen LogP) is 3.01. The quantitative estimate of drug-likeness (QED) is 0.742. The molecule has 25 heavy (non-hydrogen) atoms. The zero-order chi connectivity index (χ0) is 18.2. The van der Waals surface area contributed by atoms with Gasteiger partial charge in [-0.25, -0.2) is 22.0 Å². The number of nitrogens with one attached hydrogen (secondary N) is 1. The largest absolute Gasteiger partial charge is 0.478 e. The van der Waals surface area contributed by atoms with Crippen LogP contribution in [-0.4, -0.2) is 24.5 Å². The number of hydrogen-bond donors (Lipinski definition) is 2. The molecule has 0 aliphatic heterocycles. The van der Waals surface area contributed by atoms with Gasteiger partial charge in [-0.3, -0.25) is 9.71 Å². The SMILES string of the molecule is O=C(O)c1c(F)cccc1NS(=O)(=O)c1ccc(F)c2ncccc12. The number of hydrogen-bond acceptors (Lipinski definition) is 4. The van der Waals surface area contributed by atoms with Gasteiger partial charge >= 0.3 is 5.97 Å². The molecular weight excluding hydrogens is 354 g/mol. The molecule has 0 amide bonds. The van der Waals surface area contributed by atoms with E-state index in [2.05, 4.69) is 4.98 Å².